The van der Waals surface area contributed by atoms with Crippen LogP contribution in [-0.4, -0.2) is 46.6 Å². The van der Waals surface area contributed by atoms with E-state index in [1.54, 1.807) is 19.1 Å². The van der Waals surface area contributed by atoms with Crippen LogP contribution in [-0.2, 0) is 14.4 Å². The highest BCUT2D eigenvalue weighted by molar-refractivity contribution is 6.45. The van der Waals surface area contributed by atoms with E-state index >= 15 is 0 Å². The summed E-state index contributed by atoms with van der Waals surface area (Å²) >= 11 is 0. The summed E-state index contributed by atoms with van der Waals surface area (Å²) in [5.41, 5.74) is 0.580. The van der Waals surface area contributed by atoms with Crippen molar-refractivity contribution in [1.29, 1.82) is 0 Å². The minimum atomic E-state index is -0.977. The standard InChI is InChI=1S/C17H15N3O4/c1-2-19-15(22)16(23)20(17(19)24)10-14(21)18-13-9-5-7-11-6-3-4-8-12(11)13/h3-9H,2,10H2,1H3,(H,18,21). The molecule has 0 radical (unpaired) electrons. The van der Waals surface area contributed by atoms with Crippen LogP contribution in [0.5, 0.6) is 0 Å². The summed E-state index contributed by atoms with van der Waals surface area (Å²) < 4.78 is 0. The molecule has 122 valence electrons. The molecule has 1 aliphatic heterocycles. The Kier molecular flexibility index (Phi) is 3.99. The Balaban J connectivity index is 1.77. The van der Waals surface area contributed by atoms with Crippen LogP contribution in [0.1, 0.15) is 6.92 Å². The lowest BCUT2D eigenvalue weighted by Gasteiger charge is -2.14. The van der Waals surface area contributed by atoms with Gasteiger partial charge in [-0.15, -0.1) is 0 Å². The first-order valence-electron chi connectivity index (χ1n) is 7.48. The van der Waals surface area contributed by atoms with Gasteiger partial charge in [0.25, 0.3) is 0 Å². The summed E-state index contributed by atoms with van der Waals surface area (Å²) in [4.78, 5) is 49.2. The van der Waals surface area contributed by atoms with E-state index < -0.39 is 30.3 Å². The Hall–Kier alpha value is -3.22. The molecule has 1 saturated heterocycles. The number of anilines is 1. The normalized spacial score (nSPS) is 14.6. The zero-order valence-electron chi connectivity index (χ0n) is 13.0. The third kappa shape index (κ3) is 2.60. The first-order valence-corrected chi connectivity index (χ1v) is 7.48. The van der Waals surface area contributed by atoms with Crippen molar-refractivity contribution in [2.24, 2.45) is 0 Å². The smallest absolute Gasteiger partial charge is 0.324 e. The molecule has 1 fully saturated rings. The van der Waals surface area contributed by atoms with Crippen molar-refractivity contribution in [2.75, 3.05) is 18.4 Å². The molecule has 0 aromatic heterocycles. The van der Waals surface area contributed by atoms with Gasteiger partial charge in [-0.3, -0.25) is 19.3 Å². The van der Waals surface area contributed by atoms with Crippen LogP contribution in [0, 0.1) is 0 Å². The number of fused-ring (bicyclic) bond motifs is 1. The molecule has 24 heavy (non-hydrogen) atoms. The monoisotopic (exact) mass is 325 g/mol. The fourth-order valence-electron chi connectivity index (χ4n) is 2.64. The largest absolute Gasteiger partial charge is 0.334 e. The van der Waals surface area contributed by atoms with E-state index in [4.69, 9.17) is 0 Å². The summed E-state index contributed by atoms with van der Waals surface area (Å²) in [7, 11) is 0. The van der Waals surface area contributed by atoms with Gasteiger partial charge in [0.05, 0.1) is 0 Å². The summed E-state index contributed by atoms with van der Waals surface area (Å²) in [6.07, 6.45) is 0. The van der Waals surface area contributed by atoms with Crippen molar-refractivity contribution >= 4 is 40.2 Å². The summed E-state index contributed by atoms with van der Waals surface area (Å²) in [5.74, 6) is -2.42. The van der Waals surface area contributed by atoms with Crippen LogP contribution in [0.3, 0.4) is 0 Å². The fraction of sp³-hybridized carbons (Fsp3) is 0.176. The first kappa shape index (κ1) is 15.7. The number of nitrogens with one attached hydrogen (secondary N) is 1. The summed E-state index contributed by atoms with van der Waals surface area (Å²) in [6.45, 7) is 1.18. The number of imide groups is 2. The van der Waals surface area contributed by atoms with Crippen LogP contribution in [0.15, 0.2) is 42.5 Å². The predicted octanol–water partition coefficient (Wildman–Crippen LogP) is 1.59. The molecule has 0 bridgehead atoms. The quantitative estimate of drug-likeness (QED) is 0.683. The summed E-state index contributed by atoms with van der Waals surface area (Å²) in [5, 5.41) is 4.49. The molecular formula is C17H15N3O4. The van der Waals surface area contributed by atoms with Gasteiger partial charge >= 0.3 is 17.8 Å². The van der Waals surface area contributed by atoms with Crippen molar-refractivity contribution in [2.45, 2.75) is 6.92 Å². The lowest BCUT2D eigenvalue weighted by Crippen LogP contribution is -2.39. The van der Waals surface area contributed by atoms with Gasteiger partial charge in [-0.2, -0.15) is 0 Å². The molecule has 0 spiro atoms. The lowest BCUT2D eigenvalue weighted by molar-refractivity contribution is -0.143. The third-order valence-corrected chi connectivity index (χ3v) is 3.82. The van der Waals surface area contributed by atoms with Crippen LogP contribution in [0.4, 0.5) is 10.5 Å². The van der Waals surface area contributed by atoms with Crippen LogP contribution < -0.4 is 5.32 Å². The van der Waals surface area contributed by atoms with Gasteiger partial charge in [-0.1, -0.05) is 36.4 Å². The lowest BCUT2D eigenvalue weighted by atomic mass is 10.1. The molecule has 2 aromatic carbocycles. The number of urea groups is 1. The predicted molar refractivity (Wildman–Crippen MR) is 87.1 cm³/mol. The van der Waals surface area contributed by atoms with E-state index in [1.807, 2.05) is 30.3 Å². The third-order valence-electron chi connectivity index (χ3n) is 3.82. The van der Waals surface area contributed by atoms with Gasteiger partial charge < -0.3 is 5.32 Å². The van der Waals surface area contributed by atoms with E-state index in [1.165, 1.54) is 0 Å². The first-order chi connectivity index (χ1) is 11.5. The molecule has 7 nitrogen and oxygen atoms in total. The molecule has 2 aromatic rings. The Bertz CT molecular complexity index is 857. The Morgan fingerprint density at radius 3 is 2.33 bits per heavy atom. The van der Waals surface area contributed by atoms with E-state index in [-0.39, 0.29) is 6.54 Å². The van der Waals surface area contributed by atoms with Gasteiger partial charge in [-0.25, -0.2) is 9.69 Å². The maximum absolute atomic E-state index is 12.2. The minimum Gasteiger partial charge on any atom is -0.324 e. The second kappa shape index (κ2) is 6.11. The Labute approximate surface area is 137 Å². The van der Waals surface area contributed by atoms with Crippen molar-refractivity contribution < 1.29 is 19.2 Å². The SMILES string of the molecule is CCN1C(=O)C(=O)N(CC(=O)Nc2cccc3ccccc23)C1=O. The molecule has 1 aliphatic rings. The maximum atomic E-state index is 12.2. The number of carbonyl (C=O) groups excluding carboxylic acids is 4. The van der Waals surface area contributed by atoms with Crippen molar-refractivity contribution in [1.82, 2.24) is 9.80 Å². The highest BCUT2D eigenvalue weighted by Gasteiger charge is 2.44. The Morgan fingerprint density at radius 2 is 1.62 bits per heavy atom. The van der Waals surface area contributed by atoms with Gasteiger partial charge in [0, 0.05) is 17.6 Å². The molecule has 1 N–H and O–H groups in total. The van der Waals surface area contributed by atoms with Crippen molar-refractivity contribution in [3.63, 3.8) is 0 Å². The molecule has 0 aliphatic carbocycles. The molecule has 5 amide bonds. The number of benzene rings is 2. The minimum absolute atomic E-state index is 0.0881. The van der Waals surface area contributed by atoms with Crippen LogP contribution in [0.2, 0.25) is 0 Å². The summed E-state index contributed by atoms with van der Waals surface area (Å²) in [6, 6.07) is 12.2. The van der Waals surface area contributed by atoms with Gasteiger partial charge in [0.2, 0.25) is 5.91 Å². The molecule has 0 saturated carbocycles. The molecule has 3 rings (SSSR count). The highest BCUT2D eigenvalue weighted by Crippen LogP contribution is 2.23. The van der Waals surface area contributed by atoms with E-state index in [9.17, 15) is 19.2 Å². The number of rotatable bonds is 4. The van der Waals surface area contributed by atoms with E-state index in [0.29, 0.717) is 10.6 Å². The van der Waals surface area contributed by atoms with Gasteiger partial charge in [-0.05, 0) is 18.4 Å². The van der Waals surface area contributed by atoms with E-state index in [0.717, 1.165) is 15.7 Å². The number of hydrogen-bond acceptors (Lipinski definition) is 4. The van der Waals surface area contributed by atoms with Crippen LogP contribution >= 0.6 is 0 Å². The second-order valence-corrected chi connectivity index (χ2v) is 5.30. The molecule has 0 atom stereocenters. The topological polar surface area (TPSA) is 86.8 Å². The molecule has 1 heterocycles. The number of hydrogen-bond donors (Lipinski definition) is 1. The van der Waals surface area contributed by atoms with Gasteiger partial charge in [0.15, 0.2) is 0 Å². The number of nitrogens with zero attached hydrogens (tertiary/aromatic N) is 2. The van der Waals surface area contributed by atoms with Crippen molar-refractivity contribution in [3.8, 4) is 0 Å². The van der Waals surface area contributed by atoms with Crippen molar-refractivity contribution in [3.05, 3.63) is 42.5 Å². The maximum Gasteiger partial charge on any atom is 0.334 e. The average molecular weight is 325 g/mol. The highest BCUT2D eigenvalue weighted by atomic mass is 16.2. The fourth-order valence-corrected chi connectivity index (χ4v) is 2.64. The molecule has 0 unspecified atom stereocenters. The van der Waals surface area contributed by atoms with E-state index in [2.05, 4.69) is 5.32 Å². The average Bonchev–Trinajstić information content (AvgIpc) is 2.78. The number of carbonyl (C=O) groups is 4. The van der Waals surface area contributed by atoms with Gasteiger partial charge in [0.1, 0.15) is 6.54 Å². The zero-order chi connectivity index (χ0) is 17.3. The molecular weight excluding hydrogens is 310 g/mol. The molecule has 7 heteroatoms. The van der Waals surface area contributed by atoms with Crippen LogP contribution in [0.25, 0.3) is 10.8 Å². The Morgan fingerprint density at radius 1 is 0.958 bits per heavy atom. The number of likely N-dealkylation sites (N-methyl/N-ethyl adjacent to an activating group) is 1. The second-order valence-electron chi connectivity index (χ2n) is 5.30. The zero-order valence-corrected chi connectivity index (χ0v) is 13.0. The number of amides is 5.